The van der Waals surface area contributed by atoms with Crippen molar-refractivity contribution in [2.45, 2.75) is 64.3 Å². The fourth-order valence-electron chi connectivity index (χ4n) is 3.43. The van der Waals surface area contributed by atoms with Crippen LogP contribution in [0.25, 0.3) is 0 Å². The molecule has 1 atom stereocenters. The summed E-state index contributed by atoms with van der Waals surface area (Å²) in [5.41, 5.74) is 0.772. The van der Waals surface area contributed by atoms with Gasteiger partial charge in [0.15, 0.2) is 0 Å². The van der Waals surface area contributed by atoms with Gasteiger partial charge in [-0.2, -0.15) is 0 Å². The lowest BCUT2D eigenvalue weighted by Gasteiger charge is -2.25. The second-order valence-corrected chi connectivity index (χ2v) is 6.71. The van der Waals surface area contributed by atoms with Crippen molar-refractivity contribution in [3.63, 3.8) is 0 Å². The van der Waals surface area contributed by atoms with Crippen molar-refractivity contribution in [1.29, 1.82) is 0 Å². The van der Waals surface area contributed by atoms with Crippen LogP contribution >= 0.6 is 11.6 Å². The van der Waals surface area contributed by atoms with Gasteiger partial charge in [-0.3, -0.25) is 0 Å². The van der Waals surface area contributed by atoms with E-state index in [-0.39, 0.29) is 5.82 Å². The lowest BCUT2D eigenvalue weighted by Crippen LogP contribution is -2.32. The third kappa shape index (κ3) is 5.60. The molecule has 0 heterocycles. The van der Waals surface area contributed by atoms with Gasteiger partial charge in [-0.25, -0.2) is 4.39 Å². The normalized spacial score (nSPS) is 17.9. The highest BCUT2D eigenvalue weighted by atomic mass is 35.5. The minimum atomic E-state index is -0.178. The predicted molar refractivity (Wildman–Crippen MR) is 88.4 cm³/mol. The molecule has 0 saturated heterocycles. The summed E-state index contributed by atoms with van der Waals surface area (Å²) in [6.45, 7) is 3.05. The van der Waals surface area contributed by atoms with Crippen molar-refractivity contribution >= 4 is 11.6 Å². The first kappa shape index (κ1) is 16.8. The number of benzene rings is 1. The summed E-state index contributed by atoms with van der Waals surface area (Å²) in [5.74, 6) is 0.707. The zero-order chi connectivity index (χ0) is 15.1. The minimum absolute atomic E-state index is 0.178. The molecule has 1 saturated carbocycles. The van der Waals surface area contributed by atoms with Crippen molar-refractivity contribution in [1.82, 2.24) is 5.32 Å². The van der Waals surface area contributed by atoms with E-state index in [4.69, 9.17) is 11.6 Å². The van der Waals surface area contributed by atoms with E-state index in [0.29, 0.717) is 11.1 Å². The maximum Gasteiger partial charge on any atom is 0.127 e. The van der Waals surface area contributed by atoms with Crippen LogP contribution in [0.1, 0.15) is 57.4 Å². The van der Waals surface area contributed by atoms with E-state index in [1.807, 2.05) is 6.07 Å². The molecule has 1 unspecified atom stereocenters. The van der Waals surface area contributed by atoms with Gasteiger partial charge in [-0.05, 0) is 49.4 Å². The summed E-state index contributed by atoms with van der Waals surface area (Å²) in [6.07, 6.45) is 10.1. The largest absolute Gasteiger partial charge is 0.314 e. The molecule has 1 N–H and O–H groups in total. The standard InChI is InChI=1S/C18H27ClFN/c1-2-21-17(11-8-14-6-4-3-5-7-14)12-15-9-10-16(19)13-18(15)20/h9-10,13-14,17,21H,2-8,11-12H2,1H3. The van der Waals surface area contributed by atoms with Crippen LogP contribution < -0.4 is 5.32 Å². The van der Waals surface area contributed by atoms with E-state index < -0.39 is 0 Å². The van der Waals surface area contributed by atoms with Gasteiger partial charge in [-0.1, -0.05) is 56.7 Å². The molecule has 0 spiro atoms. The third-order valence-corrected chi connectivity index (χ3v) is 4.86. The molecule has 1 aliphatic carbocycles. The summed E-state index contributed by atoms with van der Waals surface area (Å²) in [4.78, 5) is 0. The second-order valence-electron chi connectivity index (χ2n) is 6.28. The van der Waals surface area contributed by atoms with Crippen molar-refractivity contribution in [3.8, 4) is 0 Å². The van der Waals surface area contributed by atoms with Crippen LogP contribution in [0.3, 0.4) is 0 Å². The Hall–Kier alpha value is -0.600. The molecule has 21 heavy (non-hydrogen) atoms. The molecular formula is C18H27ClFN. The van der Waals surface area contributed by atoms with Gasteiger partial charge in [0.05, 0.1) is 0 Å². The Morgan fingerprint density at radius 3 is 2.71 bits per heavy atom. The van der Waals surface area contributed by atoms with Gasteiger partial charge < -0.3 is 5.32 Å². The van der Waals surface area contributed by atoms with Crippen LogP contribution in [-0.2, 0) is 6.42 Å². The fourth-order valence-corrected chi connectivity index (χ4v) is 3.59. The SMILES string of the molecule is CCNC(CCC1CCCCC1)Cc1ccc(Cl)cc1F. The number of hydrogen-bond acceptors (Lipinski definition) is 1. The number of hydrogen-bond donors (Lipinski definition) is 1. The van der Waals surface area contributed by atoms with Crippen LogP contribution in [-0.4, -0.2) is 12.6 Å². The van der Waals surface area contributed by atoms with Crippen LogP contribution in [0.15, 0.2) is 18.2 Å². The highest BCUT2D eigenvalue weighted by molar-refractivity contribution is 6.30. The molecule has 0 radical (unpaired) electrons. The molecule has 2 rings (SSSR count). The smallest absolute Gasteiger partial charge is 0.127 e. The zero-order valence-electron chi connectivity index (χ0n) is 13.0. The van der Waals surface area contributed by atoms with Gasteiger partial charge >= 0.3 is 0 Å². The summed E-state index contributed by atoms with van der Waals surface area (Å²) in [5, 5.41) is 3.98. The first-order chi connectivity index (χ1) is 10.2. The monoisotopic (exact) mass is 311 g/mol. The van der Waals surface area contributed by atoms with Crippen LogP contribution in [0.2, 0.25) is 5.02 Å². The molecule has 3 heteroatoms. The van der Waals surface area contributed by atoms with Gasteiger partial charge in [0.1, 0.15) is 5.82 Å². The van der Waals surface area contributed by atoms with Crippen LogP contribution in [0.5, 0.6) is 0 Å². The highest BCUT2D eigenvalue weighted by Gasteiger charge is 2.17. The van der Waals surface area contributed by atoms with E-state index in [9.17, 15) is 4.39 Å². The summed E-state index contributed by atoms with van der Waals surface area (Å²) in [6, 6.07) is 5.39. The average molecular weight is 312 g/mol. The molecule has 0 aliphatic heterocycles. The third-order valence-electron chi connectivity index (χ3n) is 4.62. The topological polar surface area (TPSA) is 12.0 Å². The number of nitrogens with one attached hydrogen (secondary N) is 1. The molecular weight excluding hydrogens is 285 g/mol. The van der Waals surface area contributed by atoms with E-state index >= 15 is 0 Å². The molecule has 118 valence electrons. The predicted octanol–water partition coefficient (Wildman–Crippen LogP) is 5.36. The van der Waals surface area contributed by atoms with Gasteiger partial charge in [0, 0.05) is 11.1 Å². The van der Waals surface area contributed by atoms with Gasteiger partial charge in [-0.15, -0.1) is 0 Å². The van der Waals surface area contributed by atoms with Gasteiger partial charge in [0.25, 0.3) is 0 Å². The van der Waals surface area contributed by atoms with Crippen molar-refractivity contribution in [2.75, 3.05) is 6.54 Å². The molecule has 0 bridgehead atoms. The molecule has 1 nitrogen and oxygen atoms in total. The number of rotatable bonds is 7. The quantitative estimate of drug-likeness (QED) is 0.714. The Morgan fingerprint density at radius 2 is 2.05 bits per heavy atom. The first-order valence-corrected chi connectivity index (χ1v) is 8.74. The van der Waals surface area contributed by atoms with Crippen LogP contribution in [0.4, 0.5) is 4.39 Å². The summed E-state index contributed by atoms with van der Waals surface area (Å²) in [7, 11) is 0. The van der Waals surface area contributed by atoms with Crippen molar-refractivity contribution < 1.29 is 4.39 Å². The summed E-state index contributed by atoms with van der Waals surface area (Å²) < 4.78 is 13.9. The maximum atomic E-state index is 13.9. The molecule has 0 aromatic heterocycles. The lowest BCUT2D eigenvalue weighted by atomic mass is 9.84. The zero-order valence-corrected chi connectivity index (χ0v) is 13.8. The highest BCUT2D eigenvalue weighted by Crippen LogP contribution is 2.28. The van der Waals surface area contributed by atoms with E-state index in [1.165, 1.54) is 44.6 Å². The molecule has 1 aromatic carbocycles. The van der Waals surface area contributed by atoms with Gasteiger partial charge in [0.2, 0.25) is 0 Å². The van der Waals surface area contributed by atoms with Crippen molar-refractivity contribution in [2.24, 2.45) is 5.92 Å². The first-order valence-electron chi connectivity index (χ1n) is 8.36. The van der Waals surface area contributed by atoms with E-state index in [2.05, 4.69) is 12.2 Å². The Morgan fingerprint density at radius 1 is 1.29 bits per heavy atom. The van der Waals surface area contributed by atoms with E-state index in [0.717, 1.165) is 30.9 Å². The molecule has 0 amide bonds. The molecule has 1 fully saturated rings. The Balaban J connectivity index is 1.88. The van der Waals surface area contributed by atoms with Crippen LogP contribution in [0, 0.1) is 11.7 Å². The number of likely N-dealkylation sites (N-methyl/N-ethyl adjacent to an activating group) is 1. The fraction of sp³-hybridized carbons (Fsp3) is 0.667. The summed E-state index contributed by atoms with van der Waals surface area (Å²) >= 11 is 5.82. The van der Waals surface area contributed by atoms with Crippen molar-refractivity contribution in [3.05, 3.63) is 34.6 Å². The second kappa shape index (κ2) is 8.75. The molecule has 1 aliphatic rings. The maximum absolute atomic E-state index is 13.9. The Bertz CT molecular complexity index is 429. The van der Waals surface area contributed by atoms with E-state index in [1.54, 1.807) is 6.07 Å². The number of halogens is 2. The Labute approximate surface area is 133 Å². The Kier molecular flexibility index (Phi) is 6.98. The molecule has 1 aromatic rings. The minimum Gasteiger partial charge on any atom is -0.314 e. The lowest BCUT2D eigenvalue weighted by molar-refractivity contribution is 0.312. The average Bonchev–Trinajstić information content (AvgIpc) is 2.49.